The average Bonchev–Trinajstić information content (AvgIpc) is 3.46. The number of amides is 1. The highest BCUT2D eigenvalue weighted by Gasteiger charge is 2.46. The molecule has 1 aliphatic rings. The van der Waals surface area contributed by atoms with Gasteiger partial charge in [0.05, 0.1) is 49.2 Å². The highest BCUT2D eigenvalue weighted by Crippen LogP contribution is 2.47. The van der Waals surface area contributed by atoms with Gasteiger partial charge >= 0.3 is 0 Å². The Morgan fingerprint density at radius 2 is 1.77 bits per heavy atom. The fourth-order valence-corrected chi connectivity index (χ4v) is 4.87. The number of aliphatic hydroxyl groups is 1. The topological polar surface area (TPSA) is 89.2 Å². The average molecular weight is 516 g/mol. The molecule has 1 saturated heterocycles. The van der Waals surface area contributed by atoms with Crippen LogP contribution in [0.25, 0.3) is 5.76 Å². The van der Waals surface area contributed by atoms with Crippen molar-refractivity contribution in [3.63, 3.8) is 0 Å². The van der Waals surface area contributed by atoms with Crippen LogP contribution in [-0.2, 0) is 22.6 Å². The van der Waals surface area contributed by atoms with E-state index in [1.165, 1.54) is 31.4 Å². The van der Waals surface area contributed by atoms with Crippen molar-refractivity contribution in [2.24, 2.45) is 0 Å². The molecule has 1 aromatic heterocycles. The van der Waals surface area contributed by atoms with Crippen LogP contribution < -0.4 is 9.47 Å². The zero-order valence-corrected chi connectivity index (χ0v) is 20.8. The molecule has 0 spiro atoms. The van der Waals surface area contributed by atoms with E-state index in [-0.39, 0.29) is 39.2 Å². The van der Waals surface area contributed by atoms with Crippen LogP contribution >= 0.6 is 23.2 Å². The van der Waals surface area contributed by atoms with E-state index in [0.717, 1.165) is 12.0 Å². The first-order chi connectivity index (χ1) is 16.8. The Labute approximate surface area is 212 Å². The minimum atomic E-state index is -0.879. The van der Waals surface area contributed by atoms with Crippen molar-refractivity contribution in [2.75, 3.05) is 14.2 Å². The largest absolute Gasteiger partial charge is 0.507 e. The Bertz CT molecular complexity index is 1300. The summed E-state index contributed by atoms with van der Waals surface area (Å²) in [4.78, 5) is 27.8. The van der Waals surface area contributed by atoms with E-state index in [2.05, 4.69) is 0 Å². The minimum Gasteiger partial charge on any atom is -0.507 e. The number of aliphatic hydroxyl groups excluding tert-OH is 1. The number of benzene rings is 2. The number of rotatable bonds is 7. The van der Waals surface area contributed by atoms with E-state index in [0.29, 0.717) is 11.3 Å². The summed E-state index contributed by atoms with van der Waals surface area (Å²) < 4.78 is 16.1. The van der Waals surface area contributed by atoms with Gasteiger partial charge in [0.2, 0.25) is 0 Å². The number of nitrogens with zero attached hydrogens (tertiary/aromatic N) is 1. The van der Waals surface area contributed by atoms with Crippen LogP contribution in [0, 0.1) is 0 Å². The quantitative estimate of drug-likeness (QED) is 0.243. The summed E-state index contributed by atoms with van der Waals surface area (Å²) in [7, 11) is 2.76. The molecule has 0 bridgehead atoms. The number of likely N-dealkylation sites (tertiary alicyclic amines) is 1. The lowest BCUT2D eigenvalue weighted by Crippen LogP contribution is -2.29. The Balaban J connectivity index is 1.94. The smallest absolute Gasteiger partial charge is 0.296 e. The number of methoxy groups -OCH3 is 2. The van der Waals surface area contributed by atoms with Crippen molar-refractivity contribution >= 4 is 40.7 Å². The van der Waals surface area contributed by atoms with Crippen LogP contribution in [0.15, 0.2) is 58.7 Å². The molecule has 2 aromatic carbocycles. The Hall–Kier alpha value is -3.42. The zero-order chi connectivity index (χ0) is 25.3. The highest BCUT2D eigenvalue weighted by molar-refractivity contribution is 6.47. The first kappa shape index (κ1) is 24.7. The molecule has 35 heavy (non-hydrogen) atoms. The third-order valence-electron chi connectivity index (χ3n) is 5.94. The summed E-state index contributed by atoms with van der Waals surface area (Å²) >= 11 is 12.7. The normalized spacial score (nSPS) is 17.2. The summed E-state index contributed by atoms with van der Waals surface area (Å²) in [6.45, 7) is 2.07. The van der Waals surface area contributed by atoms with Crippen LogP contribution in [-0.4, -0.2) is 35.9 Å². The monoisotopic (exact) mass is 515 g/mol. The van der Waals surface area contributed by atoms with E-state index >= 15 is 0 Å². The molecule has 9 heteroatoms. The SMILES string of the molecule is CCc1ccc(C2/C(=C(\O)c3cc(Cl)c(OC)c(Cl)c3OC)C(=O)C(=O)N2Cc2ccco2)cc1. The van der Waals surface area contributed by atoms with E-state index < -0.39 is 23.5 Å². The van der Waals surface area contributed by atoms with Crippen LogP contribution in [0.5, 0.6) is 11.5 Å². The maximum Gasteiger partial charge on any atom is 0.296 e. The molecule has 2 heterocycles. The molecule has 0 saturated carbocycles. The minimum absolute atomic E-state index is 0.0257. The molecule has 1 atom stereocenters. The first-order valence-corrected chi connectivity index (χ1v) is 11.6. The molecule has 182 valence electrons. The Morgan fingerprint density at radius 3 is 2.34 bits per heavy atom. The number of furan rings is 1. The molecule has 1 amide bonds. The van der Waals surface area contributed by atoms with Crippen LogP contribution in [0.2, 0.25) is 10.0 Å². The van der Waals surface area contributed by atoms with Crippen molar-refractivity contribution in [2.45, 2.75) is 25.9 Å². The maximum absolute atomic E-state index is 13.3. The molecule has 1 N–H and O–H groups in total. The molecule has 1 fully saturated rings. The molecule has 0 aliphatic carbocycles. The maximum atomic E-state index is 13.3. The number of carbonyl (C=O) groups excluding carboxylic acids is 2. The number of aryl methyl sites for hydroxylation is 1. The summed E-state index contributed by atoms with van der Waals surface area (Å²) in [5.41, 5.74) is 1.70. The second-order valence-corrected chi connectivity index (χ2v) is 8.67. The predicted molar refractivity (Wildman–Crippen MR) is 132 cm³/mol. The van der Waals surface area contributed by atoms with E-state index in [1.807, 2.05) is 31.2 Å². The van der Waals surface area contributed by atoms with Crippen molar-refractivity contribution in [3.8, 4) is 11.5 Å². The number of hydrogen-bond donors (Lipinski definition) is 1. The Morgan fingerprint density at radius 1 is 1.09 bits per heavy atom. The van der Waals surface area contributed by atoms with E-state index in [4.69, 9.17) is 37.1 Å². The summed E-state index contributed by atoms with van der Waals surface area (Å²) in [5, 5.41) is 11.6. The predicted octanol–water partition coefficient (Wildman–Crippen LogP) is 5.79. The van der Waals surface area contributed by atoms with Gasteiger partial charge in [-0.25, -0.2) is 0 Å². The molecule has 1 unspecified atom stereocenters. The van der Waals surface area contributed by atoms with Gasteiger partial charge in [-0.2, -0.15) is 0 Å². The summed E-state index contributed by atoms with van der Waals surface area (Å²) in [6.07, 6.45) is 2.32. The fraction of sp³-hybridized carbons (Fsp3) is 0.231. The summed E-state index contributed by atoms with van der Waals surface area (Å²) in [5.74, 6) is -1.36. The fourth-order valence-electron chi connectivity index (χ4n) is 4.19. The number of ketones is 1. The molecule has 1 aliphatic heterocycles. The van der Waals surface area contributed by atoms with Gasteiger partial charge in [-0.1, -0.05) is 54.4 Å². The molecule has 4 rings (SSSR count). The van der Waals surface area contributed by atoms with Gasteiger partial charge in [0.25, 0.3) is 11.7 Å². The van der Waals surface area contributed by atoms with Gasteiger partial charge in [-0.15, -0.1) is 0 Å². The van der Waals surface area contributed by atoms with Gasteiger partial charge in [0.1, 0.15) is 16.5 Å². The number of Topliss-reactive ketones (excluding diaryl/α,β-unsaturated/α-hetero) is 1. The van der Waals surface area contributed by atoms with E-state index in [9.17, 15) is 14.7 Å². The van der Waals surface area contributed by atoms with Crippen molar-refractivity contribution < 1.29 is 28.6 Å². The Kier molecular flexibility index (Phi) is 7.10. The van der Waals surface area contributed by atoms with Crippen LogP contribution in [0.3, 0.4) is 0 Å². The van der Waals surface area contributed by atoms with E-state index in [1.54, 1.807) is 12.1 Å². The molecule has 0 radical (unpaired) electrons. The highest BCUT2D eigenvalue weighted by atomic mass is 35.5. The van der Waals surface area contributed by atoms with Gasteiger partial charge in [0.15, 0.2) is 11.5 Å². The zero-order valence-electron chi connectivity index (χ0n) is 19.3. The summed E-state index contributed by atoms with van der Waals surface area (Å²) in [6, 6.07) is 11.4. The standard InChI is InChI=1S/C26H23Cl2NO6/c1-4-14-7-9-15(10-8-14)21-19(23(31)26(32)29(21)13-16-6-5-11-35-16)22(30)17-12-18(27)25(34-3)20(28)24(17)33-2/h5-12,21,30H,4,13H2,1-3H3/b22-19+. The lowest BCUT2D eigenvalue weighted by atomic mass is 9.94. The second-order valence-electron chi connectivity index (χ2n) is 7.89. The molecule has 7 nitrogen and oxygen atoms in total. The lowest BCUT2D eigenvalue weighted by molar-refractivity contribution is -0.140. The van der Waals surface area contributed by atoms with Crippen molar-refractivity contribution in [1.82, 2.24) is 4.90 Å². The van der Waals surface area contributed by atoms with Crippen LogP contribution in [0.1, 0.15) is 35.4 Å². The lowest BCUT2D eigenvalue weighted by Gasteiger charge is -2.25. The molecular formula is C26H23Cl2NO6. The molecular weight excluding hydrogens is 493 g/mol. The van der Waals surface area contributed by atoms with Gasteiger partial charge in [0, 0.05) is 0 Å². The number of ether oxygens (including phenoxy) is 2. The third-order valence-corrected chi connectivity index (χ3v) is 6.57. The van der Waals surface area contributed by atoms with Gasteiger partial charge in [-0.3, -0.25) is 9.59 Å². The second kappa shape index (κ2) is 10.1. The van der Waals surface area contributed by atoms with Gasteiger partial charge in [-0.05, 0) is 35.7 Å². The molecule has 3 aromatic rings. The number of halogens is 2. The van der Waals surface area contributed by atoms with Crippen molar-refractivity contribution in [1.29, 1.82) is 0 Å². The number of hydrogen-bond acceptors (Lipinski definition) is 6. The first-order valence-electron chi connectivity index (χ1n) is 10.8. The van der Waals surface area contributed by atoms with Crippen molar-refractivity contribution in [3.05, 3.63) is 86.8 Å². The number of carbonyl (C=O) groups is 2. The van der Waals surface area contributed by atoms with Gasteiger partial charge < -0.3 is 23.9 Å². The third kappa shape index (κ3) is 4.37. The van der Waals surface area contributed by atoms with Crippen LogP contribution in [0.4, 0.5) is 0 Å².